The van der Waals surface area contributed by atoms with Crippen molar-refractivity contribution in [1.29, 1.82) is 0 Å². The van der Waals surface area contributed by atoms with E-state index in [9.17, 15) is 4.79 Å². The van der Waals surface area contributed by atoms with Crippen LogP contribution in [0, 0.1) is 5.92 Å². The first-order chi connectivity index (χ1) is 11.7. The first-order valence-electron chi connectivity index (χ1n) is 8.05. The lowest BCUT2D eigenvalue weighted by Crippen LogP contribution is -2.22. The predicted octanol–water partition coefficient (Wildman–Crippen LogP) is 4.28. The number of nitrogens with one attached hydrogen (secondary N) is 1. The molecule has 0 aliphatic heterocycles. The number of rotatable bonds is 6. The molecule has 1 unspecified atom stereocenters. The largest absolute Gasteiger partial charge is 0.494 e. The molecular weight excluding hydrogens is 300 g/mol. The van der Waals surface area contributed by atoms with Crippen molar-refractivity contribution >= 4 is 22.4 Å². The van der Waals surface area contributed by atoms with Crippen LogP contribution in [0.15, 0.2) is 67.0 Å². The fraction of sp³-hybridized carbons (Fsp3) is 0.200. The standard InChI is InChI=1S/C20H20N2O2/c1-15(11-12-24-17-8-3-2-4-9-17)20(23)22-19-14-21-13-16-7-5-6-10-18(16)19/h2-10,13-15H,11-12H2,1H3,(H,22,23). The first-order valence-corrected chi connectivity index (χ1v) is 8.05. The summed E-state index contributed by atoms with van der Waals surface area (Å²) in [7, 11) is 0. The van der Waals surface area contributed by atoms with Crippen LogP contribution < -0.4 is 10.1 Å². The van der Waals surface area contributed by atoms with Crippen molar-refractivity contribution in [1.82, 2.24) is 4.98 Å². The molecule has 3 rings (SSSR count). The summed E-state index contributed by atoms with van der Waals surface area (Å²) in [6.45, 7) is 2.41. The molecule has 1 N–H and O–H groups in total. The van der Waals surface area contributed by atoms with Gasteiger partial charge in [-0.05, 0) is 18.6 Å². The number of carbonyl (C=O) groups is 1. The molecule has 3 aromatic rings. The molecule has 0 spiro atoms. The van der Waals surface area contributed by atoms with Crippen LogP contribution in [0.3, 0.4) is 0 Å². The molecule has 1 aromatic heterocycles. The molecule has 0 saturated carbocycles. The fourth-order valence-corrected chi connectivity index (χ4v) is 2.47. The SMILES string of the molecule is CC(CCOc1ccccc1)C(=O)Nc1cncc2ccccc12. The Morgan fingerprint density at radius 3 is 2.67 bits per heavy atom. The molecule has 0 fully saturated rings. The maximum Gasteiger partial charge on any atom is 0.227 e. The van der Waals surface area contributed by atoms with Gasteiger partial charge in [0.05, 0.1) is 18.5 Å². The minimum absolute atomic E-state index is 0.0233. The highest BCUT2D eigenvalue weighted by Crippen LogP contribution is 2.22. The van der Waals surface area contributed by atoms with Crippen LogP contribution in [0.2, 0.25) is 0 Å². The second-order valence-corrected chi connectivity index (χ2v) is 5.75. The van der Waals surface area contributed by atoms with Crippen molar-refractivity contribution in [3.63, 3.8) is 0 Å². The average Bonchev–Trinajstić information content (AvgIpc) is 2.63. The number of hydrogen-bond acceptors (Lipinski definition) is 3. The molecule has 2 aromatic carbocycles. The number of fused-ring (bicyclic) bond motifs is 1. The maximum absolute atomic E-state index is 12.4. The third kappa shape index (κ3) is 3.90. The number of carbonyl (C=O) groups excluding carboxylic acids is 1. The van der Waals surface area contributed by atoms with E-state index in [2.05, 4.69) is 10.3 Å². The molecule has 0 saturated heterocycles. The molecular formula is C20H20N2O2. The normalized spacial score (nSPS) is 11.9. The van der Waals surface area contributed by atoms with Crippen molar-refractivity contribution in [2.45, 2.75) is 13.3 Å². The highest BCUT2D eigenvalue weighted by molar-refractivity contribution is 6.02. The smallest absolute Gasteiger partial charge is 0.227 e. The van der Waals surface area contributed by atoms with Crippen LogP contribution in [0.1, 0.15) is 13.3 Å². The molecule has 4 nitrogen and oxygen atoms in total. The van der Waals surface area contributed by atoms with Gasteiger partial charge in [0.15, 0.2) is 0 Å². The van der Waals surface area contributed by atoms with Crippen LogP contribution in [-0.4, -0.2) is 17.5 Å². The zero-order chi connectivity index (χ0) is 16.8. The van der Waals surface area contributed by atoms with Gasteiger partial charge in [-0.3, -0.25) is 9.78 Å². The van der Waals surface area contributed by atoms with Crippen LogP contribution in [0.4, 0.5) is 5.69 Å². The number of nitrogens with zero attached hydrogens (tertiary/aromatic N) is 1. The van der Waals surface area contributed by atoms with Gasteiger partial charge < -0.3 is 10.1 Å². The Kier molecular flexibility index (Phi) is 5.06. The molecule has 0 radical (unpaired) electrons. The van der Waals surface area contributed by atoms with Crippen LogP contribution >= 0.6 is 0 Å². The molecule has 1 heterocycles. The Hall–Kier alpha value is -2.88. The number of amides is 1. The van der Waals surface area contributed by atoms with Crippen molar-refractivity contribution < 1.29 is 9.53 Å². The van der Waals surface area contributed by atoms with Gasteiger partial charge in [0.2, 0.25) is 5.91 Å². The van der Waals surface area contributed by atoms with Crippen molar-refractivity contribution in [3.8, 4) is 5.75 Å². The van der Waals surface area contributed by atoms with Crippen LogP contribution in [0.5, 0.6) is 5.75 Å². The Morgan fingerprint density at radius 1 is 1.08 bits per heavy atom. The lowest BCUT2D eigenvalue weighted by atomic mass is 10.1. The van der Waals surface area contributed by atoms with E-state index in [1.54, 1.807) is 12.4 Å². The number of pyridine rings is 1. The number of para-hydroxylation sites is 1. The molecule has 0 bridgehead atoms. The summed E-state index contributed by atoms with van der Waals surface area (Å²) in [4.78, 5) is 16.6. The number of ether oxygens (including phenoxy) is 1. The van der Waals surface area contributed by atoms with Gasteiger partial charge in [-0.2, -0.15) is 0 Å². The highest BCUT2D eigenvalue weighted by atomic mass is 16.5. The van der Waals surface area contributed by atoms with E-state index >= 15 is 0 Å². The Morgan fingerprint density at radius 2 is 1.83 bits per heavy atom. The monoisotopic (exact) mass is 320 g/mol. The van der Waals surface area contributed by atoms with E-state index in [0.29, 0.717) is 13.0 Å². The van der Waals surface area contributed by atoms with Gasteiger partial charge in [0.1, 0.15) is 5.75 Å². The van der Waals surface area contributed by atoms with Gasteiger partial charge in [-0.15, -0.1) is 0 Å². The van der Waals surface area contributed by atoms with Gasteiger partial charge in [-0.25, -0.2) is 0 Å². The van der Waals surface area contributed by atoms with E-state index in [1.165, 1.54) is 0 Å². The lowest BCUT2D eigenvalue weighted by molar-refractivity contribution is -0.119. The first kappa shape index (κ1) is 16.0. The summed E-state index contributed by atoms with van der Waals surface area (Å²) >= 11 is 0. The fourth-order valence-electron chi connectivity index (χ4n) is 2.47. The number of benzene rings is 2. The number of anilines is 1. The maximum atomic E-state index is 12.4. The van der Waals surface area contributed by atoms with Crippen molar-refractivity contribution in [2.75, 3.05) is 11.9 Å². The molecule has 4 heteroatoms. The molecule has 0 aliphatic carbocycles. The van der Waals surface area contributed by atoms with E-state index in [0.717, 1.165) is 22.2 Å². The van der Waals surface area contributed by atoms with Gasteiger partial charge in [-0.1, -0.05) is 49.4 Å². The average molecular weight is 320 g/mol. The van der Waals surface area contributed by atoms with Gasteiger partial charge >= 0.3 is 0 Å². The quantitative estimate of drug-likeness (QED) is 0.737. The molecule has 1 atom stereocenters. The zero-order valence-electron chi connectivity index (χ0n) is 13.6. The summed E-state index contributed by atoms with van der Waals surface area (Å²) in [5.74, 6) is 0.654. The summed E-state index contributed by atoms with van der Waals surface area (Å²) in [6.07, 6.45) is 4.13. The summed E-state index contributed by atoms with van der Waals surface area (Å²) in [6, 6.07) is 17.5. The second-order valence-electron chi connectivity index (χ2n) is 5.75. The van der Waals surface area contributed by atoms with Gasteiger partial charge in [0, 0.05) is 22.9 Å². The van der Waals surface area contributed by atoms with Crippen LogP contribution in [0.25, 0.3) is 10.8 Å². The van der Waals surface area contributed by atoms with Crippen molar-refractivity contribution in [2.24, 2.45) is 5.92 Å². The summed E-state index contributed by atoms with van der Waals surface area (Å²) in [5, 5.41) is 4.98. The second kappa shape index (κ2) is 7.59. The molecule has 0 aliphatic rings. The Bertz CT molecular complexity index is 813. The van der Waals surface area contributed by atoms with E-state index < -0.39 is 0 Å². The summed E-state index contributed by atoms with van der Waals surface area (Å²) in [5.41, 5.74) is 0.744. The Labute approximate surface area is 141 Å². The molecule has 122 valence electrons. The van der Waals surface area contributed by atoms with Crippen molar-refractivity contribution in [3.05, 3.63) is 67.0 Å². The molecule has 1 amide bonds. The van der Waals surface area contributed by atoms with E-state index in [4.69, 9.17) is 4.74 Å². The zero-order valence-corrected chi connectivity index (χ0v) is 13.6. The lowest BCUT2D eigenvalue weighted by Gasteiger charge is -2.14. The minimum atomic E-state index is -0.146. The number of aromatic nitrogens is 1. The third-order valence-corrected chi connectivity index (χ3v) is 3.94. The Balaban J connectivity index is 1.57. The predicted molar refractivity (Wildman–Crippen MR) is 96.1 cm³/mol. The van der Waals surface area contributed by atoms with E-state index in [-0.39, 0.29) is 11.8 Å². The number of hydrogen-bond donors (Lipinski definition) is 1. The summed E-state index contributed by atoms with van der Waals surface area (Å²) < 4.78 is 5.65. The van der Waals surface area contributed by atoms with Crippen LogP contribution in [-0.2, 0) is 4.79 Å². The van der Waals surface area contributed by atoms with Gasteiger partial charge in [0.25, 0.3) is 0 Å². The van der Waals surface area contributed by atoms with E-state index in [1.807, 2.05) is 61.5 Å². The third-order valence-electron chi connectivity index (χ3n) is 3.94. The highest BCUT2D eigenvalue weighted by Gasteiger charge is 2.14. The topological polar surface area (TPSA) is 51.2 Å². The minimum Gasteiger partial charge on any atom is -0.494 e. The molecule has 24 heavy (non-hydrogen) atoms.